The van der Waals surface area contributed by atoms with Crippen LogP contribution in [0.1, 0.15) is 11.1 Å². The van der Waals surface area contributed by atoms with Crippen molar-refractivity contribution in [3.63, 3.8) is 0 Å². The number of nitrogens with zero attached hydrogens (tertiary/aromatic N) is 1. The summed E-state index contributed by atoms with van der Waals surface area (Å²) >= 11 is 3.38. The lowest BCUT2D eigenvalue weighted by Gasteiger charge is -2.26. The van der Waals surface area contributed by atoms with Crippen LogP contribution in [0.2, 0.25) is 0 Å². The molecular weight excluding hydrogens is 428 g/mol. The summed E-state index contributed by atoms with van der Waals surface area (Å²) in [7, 11) is 2.99. The number of aryl methyl sites for hydroxylation is 1. The first-order valence-corrected chi connectivity index (χ1v) is 9.04. The Morgan fingerprint density at radius 2 is 1.82 bits per heavy atom. The van der Waals surface area contributed by atoms with Gasteiger partial charge in [0.15, 0.2) is 11.5 Å². The third-order valence-electron chi connectivity index (χ3n) is 4.13. The Bertz CT molecular complexity index is 1020. The SMILES string of the molecule is COc1cc(C=C2C(=O)NC(=O)N(c3cccc(C)c3)C2=O)cc(Br)c1OC. The predicted octanol–water partition coefficient (Wildman–Crippen LogP) is 3.44. The average Bonchev–Trinajstić information content (AvgIpc) is 2.64. The molecule has 0 radical (unpaired) electrons. The van der Waals surface area contributed by atoms with Gasteiger partial charge in [0.1, 0.15) is 5.57 Å². The van der Waals surface area contributed by atoms with Crippen molar-refractivity contribution in [2.24, 2.45) is 0 Å². The summed E-state index contributed by atoms with van der Waals surface area (Å²) in [6.45, 7) is 1.85. The van der Waals surface area contributed by atoms with Crippen LogP contribution >= 0.6 is 15.9 Å². The molecule has 0 atom stereocenters. The van der Waals surface area contributed by atoms with E-state index in [-0.39, 0.29) is 5.57 Å². The van der Waals surface area contributed by atoms with Crippen LogP contribution in [-0.2, 0) is 9.59 Å². The van der Waals surface area contributed by atoms with E-state index in [1.54, 1.807) is 30.3 Å². The maximum atomic E-state index is 12.9. The fraction of sp³-hybridized carbons (Fsp3) is 0.150. The van der Waals surface area contributed by atoms with Crippen LogP contribution in [-0.4, -0.2) is 32.1 Å². The zero-order valence-corrected chi connectivity index (χ0v) is 17.0. The molecule has 8 heteroatoms. The number of halogens is 1. The van der Waals surface area contributed by atoms with Crippen molar-refractivity contribution in [2.75, 3.05) is 19.1 Å². The van der Waals surface area contributed by atoms with E-state index < -0.39 is 17.8 Å². The van der Waals surface area contributed by atoms with Crippen LogP contribution in [0.3, 0.4) is 0 Å². The second-order valence-corrected chi connectivity index (χ2v) is 6.89. The molecular formula is C20H17BrN2O5. The molecule has 1 saturated heterocycles. The van der Waals surface area contributed by atoms with Crippen LogP contribution < -0.4 is 19.7 Å². The molecule has 28 heavy (non-hydrogen) atoms. The maximum Gasteiger partial charge on any atom is 0.335 e. The van der Waals surface area contributed by atoms with Gasteiger partial charge in [-0.1, -0.05) is 12.1 Å². The second kappa shape index (κ2) is 7.85. The van der Waals surface area contributed by atoms with E-state index in [4.69, 9.17) is 9.47 Å². The largest absolute Gasteiger partial charge is 0.493 e. The monoisotopic (exact) mass is 444 g/mol. The first-order chi connectivity index (χ1) is 13.3. The number of urea groups is 1. The summed E-state index contributed by atoms with van der Waals surface area (Å²) in [5.41, 5.74) is 1.63. The maximum absolute atomic E-state index is 12.9. The molecule has 1 fully saturated rings. The molecule has 0 unspecified atom stereocenters. The predicted molar refractivity (Wildman–Crippen MR) is 107 cm³/mol. The molecule has 0 spiro atoms. The van der Waals surface area contributed by atoms with Crippen LogP contribution in [0, 0.1) is 6.92 Å². The molecule has 0 aromatic heterocycles. The van der Waals surface area contributed by atoms with Gasteiger partial charge in [-0.2, -0.15) is 0 Å². The lowest BCUT2D eigenvalue weighted by molar-refractivity contribution is -0.122. The Labute approximate surface area is 170 Å². The number of rotatable bonds is 4. The van der Waals surface area contributed by atoms with Gasteiger partial charge in [0.25, 0.3) is 11.8 Å². The molecule has 0 aliphatic carbocycles. The number of benzene rings is 2. The summed E-state index contributed by atoms with van der Waals surface area (Å²) < 4.78 is 11.1. The summed E-state index contributed by atoms with van der Waals surface area (Å²) in [5.74, 6) is -0.547. The highest BCUT2D eigenvalue weighted by molar-refractivity contribution is 9.10. The van der Waals surface area contributed by atoms with Crippen molar-refractivity contribution in [3.8, 4) is 11.5 Å². The van der Waals surface area contributed by atoms with Gasteiger partial charge < -0.3 is 9.47 Å². The molecule has 2 aromatic carbocycles. The normalized spacial score (nSPS) is 15.6. The minimum Gasteiger partial charge on any atom is -0.493 e. The summed E-state index contributed by atoms with van der Waals surface area (Å²) in [4.78, 5) is 38.4. The van der Waals surface area contributed by atoms with Gasteiger partial charge in [0.05, 0.1) is 24.4 Å². The number of imide groups is 2. The highest BCUT2D eigenvalue weighted by atomic mass is 79.9. The number of anilines is 1. The molecule has 1 heterocycles. The van der Waals surface area contributed by atoms with E-state index in [1.165, 1.54) is 20.3 Å². The third-order valence-corrected chi connectivity index (χ3v) is 4.72. The van der Waals surface area contributed by atoms with E-state index in [0.717, 1.165) is 10.5 Å². The fourth-order valence-electron chi connectivity index (χ4n) is 2.85. The molecule has 1 aliphatic heterocycles. The zero-order valence-electron chi connectivity index (χ0n) is 15.4. The van der Waals surface area contributed by atoms with Crippen molar-refractivity contribution >= 4 is 45.5 Å². The Kier molecular flexibility index (Phi) is 5.51. The smallest absolute Gasteiger partial charge is 0.335 e. The van der Waals surface area contributed by atoms with Crippen molar-refractivity contribution < 1.29 is 23.9 Å². The van der Waals surface area contributed by atoms with Crippen LogP contribution in [0.25, 0.3) is 6.08 Å². The fourth-order valence-corrected chi connectivity index (χ4v) is 3.47. The highest BCUT2D eigenvalue weighted by Gasteiger charge is 2.36. The van der Waals surface area contributed by atoms with Gasteiger partial charge in [-0.25, -0.2) is 9.69 Å². The molecule has 1 N–H and O–H groups in total. The van der Waals surface area contributed by atoms with E-state index in [0.29, 0.717) is 27.2 Å². The number of hydrogen-bond donors (Lipinski definition) is 1. The standard InChI is InChI=1S/C20H17BrN2O5/c1-11-5-4-6-13(7-11)23-19(25)14(18(24)22-20(23)26)8-12-9-15(21)17(28-3)16(10-12)27-2/h4-10H,1-3H3,(H,22,24,26). The Balaban J connectivity index is 2.06. The first-order valence-electron chi connectivity index (χ1n) is 8.25. The number of carbonyl (C=O) groups is 3. The Morgan fingerprint density at radius 3 is 2.46 bits per heavy atom. The molecule has 0 saturated carbocycles. The van der Waals surface area contributed by atoms with Gasteiger partial charge in [0.2, 0.25) is 0 Å². The minimum atomic E-state index is -0.786. The summed E-state index contributed by atoms with van der Waals surface area (Å²) in [6, 6.07) is 9.43. The van der Waals surface area contributed by atoms with Gasteiger partial charge in [-0.3, -0.25) is 14.9 Å². The molecule has 3 rings (SSSR count). The van der Waals surface area contributed by atoms with Crippen LogP contribution in [0.5, 0.6) is 11.5 Å². The molecule has 4 amide bonds. The first kappa shape index (κ1) is 19.6. The molecule has 2 aromatic rings. The minimum absolute atomic E-state index is 0.166. The van der Waals surface area contributed by atoms with Gasteiger partial charge in [0, 0.05) is 0 Å². The highest BCUT2D eigenvalue weighted by Crippen LogP contribution is 2.37. The molecule has 1 aliphatic rings. The van der Waals surface area contributed by atoms with E-state index in [1.807, 2.05) is 13.0 Å². The topological polar surface area (TPSA) is 84.9 Å². The number of carbonyl (C=O) groups excluding carboxylic acids is 3. The quantitative estimate of drug-likeness (QED) is 0.576. The van der Waals surface area contributed by atoms with Crippen molar-refractivity contribution in [2.45, 2.75) is 6.92 Å². The number of nitrogens with one attached hydrogen (secondary N) is 1. The van der Waals surface area contributed by atoms with Crippen molar-refractivity contribution in [3.05, 3.63) is 57.6 Å². The number of ether oxygens (including phenoxy) is 2. The van der Waals surface area contributed by atoms with E-state index in [9.17, 15) is 14.4 Å². The number of methoxy groups -OCH3 is 2. The molecule has 144 valence electrons. The molecule has 0 bridgehead atoms. The lowest BCUT2D eigenvalue weighted by atomic mass is 10.1. The Morgan fingerprint density at radius 1 is 1.07 bits per heavy atom. The average molecular weight is 445 g/mol. The zero-order chi connectivity index (χ0) is 20.4. The van der Waals surface area contributed by atoms with Crippen molar-refractivity contribution in [1.29, 1.82) is 0 Å². The summed E-state index contributed by atoms with van der Waals surface area (Å²) in [6.07, 6.45) is 1.40. The molecule has 7 nitrogen and oxygen atoms in total. The van der Waals surface area contributed by atoms with Gasteiger partial charge >= 0.3 is 6.03 Å². The number of barbiturate groups is 1. The van der Waals surface area contributed by atoms with Gasteiger partial charge in [-0.15, -0.1) is 0 Å². The van der Waals surface area contributed by atoms with Crippen LogP contribution in [0.15, 0.2) is 46.4 Å². The second-order valence-electron chi connectivity index (χ2n) is 6.04. The third kappa shape index (κ3) is 3.63. The van der Waals surface area contributed by atoms with Gasteiger partial charge in [-0.05, 0) is 64.3 Å². The van der Waals surface area contributed by atoms with Crippen LogP contribution in [0.4, 0.5) is 10.5 Å². The van der Waals surface area contributed by atoms with E-state index in [2.05, 4.69) is 21.2 Å². The Hall–Kier alpha value is -3.13. The number of hydrogen-bond acceptors (Lipinski definition) is 5. The van der Waals surface area contributed by atoms with E-state index >= 15 is 0 Å². The lowest BCUT2D eigenvalue weighted by Crippen LogP contribution is -2.54. The number of amides is 4. The van der Waals surface area contributed by atoms with Crippen molar-refractivity contribution in [1.82, 2.24) is 5.32 Å². The summed E-state index contributed by atoms with van der Waals surface area (Å²) in [5, 5.41) is 2.21.